The number of hydrogen-bond donors (Lipinski definition) is 0. The van der Waals surface area contributed by atoms with Crippen molar-refractivity contribution in [3.8, 4) is 44.6 Å². The smallest absolute Gasteiger partial charge is 0.144 e. The van der Waals surface area contributed by atoms with Crippen molar-refractivity contribution in [2.45, 2.75) is 5.41 Å². The molecule has 56 heavy (non-hydrogen) atoms. The van der Waals surface area contributed by atoms with Crippen LogP contribution < -0.4 is 0 Å². The highest BCUT2D eigenvalue weighted by Gasteiger charge is 2.49. The summed E-state index contributed by atoms with van der Waals surface area (Å²) in [5, 5.41) is 4.10. The molecule has 0 aliphatic heterocycles. The number of hydrogen-bond acceptors (Lipinski definition) is 2. The van der Waals surface area contributed by atoms with Gasteiger partial charge in [0, 0.05) is 28.1 Å². The Morgan fingerprint density at radius 2 is 1.04 bits per heavy atom. The van der Waals surface area contributed by atoms with Crippen molar-refractivity contribution < 1.29 is 13.2 Å². The van der Waals surface area contributed by atoms with E-state index in [2.05, 4.69) is 83.8 Å². The van der Waals surface area contributed by atoms with Crippen LogP contribution in [0, 0.1) is 11.6 Å². The van der Waals surface area contributed by atoms with E-state index in [-0.39, 0.29) is 11.6 Å². The van der Waals surface area contributed by atoms with Crippen LogP contribution in [0.4, 0.5) is 8.78 Å². The van der Waals surface area contributed by atoms with Crippen molar-refractivity contribution in [2.24, 2.45) is 0 Å². The van der Waals surface area contributed by atoms with E-state index in [0.717, 1.165) is 88.5 Å². The van der Waals surface area contributed by atoms with Crippen LogP contribution in [0.3, 0.4) is 0 Å². The number of fused-ring (bicyclic) bond motifs is 9. The van der Waals surface area contributed by atoms with E-state index in [1.807, 2.05) is 66.7 Å². The minimum absolute atomic E-state index is 0.368. The lowest BCUT2D eigenvalue weighted by atomic mass is 9.66. The van der Waals surface area contributed by atoms with Crippen LogP contribution in [-0.4, -0.2) is 4.98 Å². The molecule has 11 rings (SSSR count). The molecule has 0 amide bonds. The fraction of sp³-hybridized carbons (Fsp3) is 0.0192. The summed E-state index contributed by atoms with van der Waals surface area (Å²) in [4.78, 5) is 4.58. The van der Waals surface area contributed by atoms with Crippen molar-refractivity contribution in [3.05, 3.63) is 222 Å². The maximum absolute atomic E-state index is 15.8. The first-order chi connectivity index (χ1) is 27.6. The minimum atomic E-state index is -1.14. The van der Waals surface area contributed by atoms with Crippen LogP contribution in [0.1, 0.15) is 22.3 Å². The van der Waals surface area contributed by atoms with Gasteiger partial charge in [0.2, 0.25) is 0 Å². The molecular weight excluding hydrogens is 693 g/mol. The van der Waals surface area contributed by atoms with Crippen molar-refractivity contribution in [2.75, 3.05) is 0 Å². The average Bonchev–Trinajstić information content (AvgIpc) is 3.78. The number of furan rings is 1. The summed E-state index contributed by atoms with van der Waals surface area (Å²) in [7, 11) is 0. The van der Waals surface area contributed by atoms with Gasteiger partial charge in [0.25, 0.3) is 0 Å². The lowest BCUT2D eigenvalue weighted by Crippen LogP contribution is -2.29. The third kappa shape index (κ3) is 4.69. The van der Waals surface area contributed by atoms with Crippen LogP contribution in [0.15, 0.2) is 193 Å². The van der Waals surface area contributed by atoms with Gasteiger partial charge in [-0.2, -0.15) is 0 Å². The number of halogens is 2. The molecule has 1 aliphatic carbocycles. The summed E-state index contributed by atoms with van der Waals surface area (Å²) < 4.78 is 38.5. The van der Waals surface area contributed by atoms with Gasteiger partial charge in [-0.3, -0.25) is 4.98 Å². The van der Waals surface area contributed by atoms with Gasteiger partial charge in [-0.15, -0.1) is 0 Å². The fourth-order valence-electron chi connectivity index (χ4n) is 9.20. The topological polar surface area (TPSA) is 26.0 Å². The van der Waals surface area contributed by atoms with Crippen LogP contribution in [0.25, 0.3) is 77.3 Å². The van der Waals surface area contributed by atoms with Crippen molar-refractivity contribution >= 4 is 32.7 Å². The fourth-order valence-corrected chi connectivity index (χ4v) is 9.20. The number of aromatic nitrogens is 1. The SMILES string of the molecule is Fc1cccc(C2(c3cccc(F)c3)c3cc(-c4ccccc4)c4ccccc4c3-c3c2cc(-c2ccc(-c4ccccn4)cc2)c2c3oc3ccccc32)c1. The van der Waals surface area contributed by atoms with Crippen LogP contribution in [0.5, 0.6) is 0 Å². The molecule has 264 valence electrons. The van der Waals surface area contributed by atoms with E-state index in [1.54, 1.807) is 30.5 Å². The minimum Gasteiger partial charge on any atom is -0.455 e. The summed E-state index contributed by atoms with van der Waals surface area (Å²) in [5.74, 6) is -0.736. The maximum Gasteiger partial charge on any atom is 0.144 e. The van der Waals surface area contributed by atoms with E-state index in [0.29, 0.717) is 11.1 Å². The zero-order valence-corrected chi connectivity index (χ0v) is 30.0. The van der Waals surface area contributed by atoms with Crippen LogP contribution in [-0.2, 0) is 5.41 Å². The van der Waals surface area contributed by atoms with Crippen LogP contribution >= 0.6 is 0 Å². The Bertz CT molecular complexity index is 3100. The largest absolute Gasteiger partial charge is 0.455 e. The van der Waals surface area contributed by atoms with E-state index < -0.39 is 5.41 Å². The molecule has 1 aliphatic rings. The number of rotatable bonds is 5. The molecule has 10 aromatic rings. The highest BCUT2D eigenvalue weighted by atomic mass is 19.1. The molecule has 2 nitrogen and oxygen atoms in total. The molecule has 0 radical (unpaired) electrons. The lowest BCUT2D eigenvalue weighted by molar-refractivity contribution is 0.613. The van der Waals surface area contributed by atoms with Gasteiger partial charge in [0.15, 0.2) is 0 Å². The quantitative estimate of drug-likeness (QED) is 0.177. The van der Waals surface area contributed by atoms with E-state index in [9.17, 15) is 0 Å². The van der Waals surface area contributed by atoms with Gasteiger partial charge in [-0.25, -0.2) is 8.78 Å². The predicted molar refractivity (Wildman–Crippen MR) is 223 cm³/mol. The summed E-state index contributed by atoms with van der Waals surface area (Å²) in [6, 6.07) is 59.4. The third-order valence-corrected chi connectivity index (χ3v) is 11.5. The molecule has 0 fully saturated rings. The molecule has 4 heteroatoms. The monoisotopic (exact) mass is 723 g/mol. The van der Waals surface area contributed by atoms with Gasteiger partial charge in [-0.1, -0.05) is 127 Å². The molecule has 8 aromatic carbocycles. The third-order valence-electron chi connectivity index (χ3n) is 11.5. The molecule has 0 unspecified atom stereocenters. The van der Waals surface area contributed by atoms with Gasteiger partial charge in [0.05, 0.1) is 11.1 Å². The molecule has 2 aromatic heterocycles. The molecule has 0 N–H and O–H groups in total. The molecule has 0 saturated carbocycles. The Morgan fingerprint density at radius 3 is 1.73 bits per heavy atom. The van der Waals surface area contributed by atoms with Crippen LogP contribution in [0.2, 0.25) is 0 Å². The molecule has 0 spiro atoms. The highest BCUT2D eigenvalue weighted by molar-refractivity contribution is 6.22. The van der Waals surface area contributed by atoms with Gasteiger partial charge in [0.1, 0.15) is 22.8 Å². The standard InChI is InChI=1S/C52H31F2NO/c53-37-16-10-14-35(28-37)52(36-15-11-17-38(54)29-36)44-30-42(32-12-2-1-3-13-32)39-18-4-5-19-40(39)49(44)50-45(52)31-43(48-41-20-6-7-22-47(41)56-51(48)50)33-23-25-34(26-24-33)46-21-8-9-27-55-46/h1-31H. The summed E-state index contributed by atoms with van der Waals surface area (Å²) in [5.41, 5.74) is 11.4. The highest BCUT2D eigenvalue weighted by Crippen LogP contribution is 2.62. The van der Waals surface area contributed by atoms with Gasteiger partial charge in [-0.05, 0) is 115 Å². The predicted octanol–water partition coefficient (Wildman–Crippen LogP) is 13.8. The zero-order valence-electron chi connectivity index (χ0n) is 30.0. The molecule has 2 heterocycles. The Labute approximate surface area is 322 Å². The van der Waals surface area contributed by atoms with Gasteiger partial charge < -0.3 is 4.42 Å². The van der Waals surface area contributed by atoms with Crippen molar-refractivity contribution in [1.29, 1.82) is 0 Å². The summed E-state index contributed by atoms with van der Waals surface area (Å²) in [6.45, 7) is 0. The number of pyridine rings is 1. The number of benzene rings is 8. The Morgan fingerprint density at radius 1 is 0.446 bits per heavy atom. The maximum atomic E-state index is 15.8. The van der Waals surface area contributed by atoms with E-state index in [1.165, 1.54) is 12.1 Å². The second kappa shape index (κ2) is 12.4. The average molecular weight is 724 g/mol. The van der Waals surface area contributed by atoms with Crippen molar-refractivity contribution in [3.63, 3.8) is 0 Å². The lowest BCUT2D eigenvalue weighted by Gasteiger charge is -2.34. The first-order valence-corrected chi connectivity index (χ1v) is 18.7. The van der Waals surface area contributed by atoms with Crippen molar-refractivity contribution in [1.82, 2.24) is 4.98 Å². The summed E-state index contributed by atoms with van der Waals surface area (Å²) in [6.07, 6.45) is 1.80. The first-order valence-electron chi connectivity index (χ1n) is 18.7. The second-order valence-electron chi connectivity index (χ2n) is 14.5. The molecular formula is C52H31F2NO. The Balaban J connectivity index is 1.35. The van der Waals surface area contributed by atoms with E-state index >= 15 is 8.78 Å². The zero-order chi connectivity index (χ0) is 37.4. The summed E-state index contributed by atoms with van der Waals surface area (Å²) >= 11 is 0. The van der Waals surface area contributed by atoms with Gasteiger partial charge >= 0.3 is 0 Å². The molecule has 0 bridgehead atoms. The normalized spacial score (nSPS) is 13.0. The Hall–Kier alpha value is -7.17. The number of para-hydroxylation sites is 1. The first kappa shape index (κ1) is 32.3. The molecule has 0 saturated heterocycles. The molecule has 0 atom stereocenters. The Kier molecular flexibility index (Phi) is 7.17. The van der Waals surface area contributed by atoms with E-state index in [4.69, 9.17) is 4.42 Å². The second-order valence-corrected chi connectivity index (χ2v) is 14.5. The number of nitrogens with zero attached hydrogens (tertiary/aromatic N) is 1.